The van der Waals surface area contributed by atoms with Crippen molar-refractivity contribution in [3.05, 3.63) is 35.5 Å². The van der Waals surface area contributed by atoms with Gasteiger partial charge in [0.1, 0.15) is 0 Å². The largest absolute Gasteiger partial charge is 0.478 e. The Balaban J connectivity index is 2.86. The van der Waals surface area contributed by atoms with E-state index in [-0.39, 0.29) is 0 Å². The average Bonchev–Trinajstić information content (AvgIpc) is 2.53. The number of benzene rings is 1. The van der Waals surface area contributed by atoms with Crippen LogP contribution in [0.2, 0.25) is 0 Å². The number of rotatable bonds is 1. The molecule has 0 spiro atoms. The molecular weight excluding hydrogens is 166 g/mol. The number of nitrogens with one attached hydrogen (secondary N) is 1. The predicted octanol–water partition coefficient (Wildman–Crippen LogP) is 2.17. The van der Waals surface area contributed by atoms with Gasteiger partial charge in [0.25, 0.3) is 0 Å². The maximum absolute atomic E-state index is 10.8. The van der Waals surface area contributed by atoms with Gasteiger partial charge in [-0.05, 0) is 24.6 Å². The first kappa shape index (κ1) is 7.86. The summed E-state index contributed by atoms with van der Waals surface area (Å²) in [5.74, 6) is -0.896. The van der Waals surface area contributed by atoms with Crippen molar-refractivity contribution in [2.75, 3.05) is 0 Å². The number of H-pyrrole nitrogens is 1. The minimum Gasteiger partial charge on any atom is -0.478 e. The molecule has 1 aromatic carbocycles. The van der Waals surface area contributed by atoms with Gasteiger partial charge in [0.15, 0.2) is 0 Å². The zero-order valence-corrected chi connectivity index (χ0v) is 7.16. The topological polar surface area (TPSA) is 53.1 Å². The summed E-state index contributed by atoms with van der Waals surface area (Å²) in [5, 5.41) is 9.84. The third kappa shape index (κ3) is 1.09. The Morgan fingerprint density at radius 1 is 1.38 bits per heavy atom. The fraction of sp³-hybridized carbons (Fsp3) is 0.100. The molecule has 0 unspecified atom stereocenters. The highest BCUT2D eigenvalue weighted by Gasteiger charge is 2.09. The van der Waals surface area contributed by atoms with Crippen molar-refractivity contribution >= 4 is 16.9 Å². The van der Waals surface area contributed by atoms with Crippen LogP contribution in [0.5, 0.6) is 0 Å². The molecule has 0 aliphatic rings. The Bertz CT molecular complexity index is 471. The minimum atomic E-state index is -0.896. The second kappa shape index (κ2) is 2.62. The van der Waals surface area contributed by atoms with Crippen molar-refractivity contribution in [2.24, 2.45) is 0 Å². The predicted molar refractivity (Wildman–Crippen MR) is 50.0 cm³/mol. The van der Waals surface area contributed by atoms with Gasteiger partial charge in [-0.2, -0.15) is 0 Å². The highest BCUT2D eigenvalue weighted by atomic mass is 16.4. The highest BCUT2D eigenvalue weighted by molar-refractivity contribution is 6.02. The fourth-order valence-corrected chi connectivity index (χ4v) is 1.48. The number of aromatic nitrogens is 1. The molecule has 3 heteroatoms. The summed E-state index contributed by atoms with van der Waals surface area (Å²) in [6.45, 7) is 1.96. The standard InChI is InChI=1S/C10H9NO2/c1-6-2-3-8(10(12)13)9-7(6)4-5-11-9/h2-5,11H,1H3,(H,12,13). The van der Waals surface area contributed by atoms with Gasteiger partial charge in [-0.25, -0.2) is 4.79 Å². The maximum atomic E-state index is 10.8. The van der Waals surface area contributed by atoms with Crippen LogP contribution in [0, 0.1) is 6.92 Å². The molecule has 2 N–H and O–H groups in total. The van der Waals surface area contributed by atoms with Crippen LogP contribution in [0.15, 0.2) is 24.4 Å². The van der Waals surface area contributed by atoms with Gasteiger partial charge in [-0.15, -0.1) is 0 Å². The van der Waals surface area contributed by atoms with E-state index in [0.717, 1.165) is 10.9 Å². The summed E-state index contributed by atoms with van der Waals surface area (Å²) in [4.78, 5) is 13.7. The summed E-state index contributed by atoms with van der Waals surface area (Å²) >= 11 is 0. The summed E-state index contributed by atoms with van der Waals surface area (Å²) in [7, 11) is 0. The molecule has 1 heterocycles. The van der Waals surface area contributed by atoms with Crippen LogP contribution >= 0.6 is 0 Å². The number of carboxylic acids is 1. The molecule has 13 heavy (non-hydrogen) atoms. The van der Waals surface area contributed by atoms with Crippen molar-refractivity contribution in [3.8, 4) is 0 Å². The quantitative estimate of drug-likeness (QED) is 0.697. The Hall–Kier alpha value is -1.77. The van der Waals surface area contributed by atoms with E-state index in [1.807, 2.05) is 19.1 Å². The van der Waals surface area contributed by atoms with Gasteiger partial charge >= 0.3 is 5.97 Å². The lowest BCUT2D eigenvalue weighted by molar-refractivity contribution is 0.0699. The molecule has 66 valence electrons. The van der Waals surface area contributed by atoms with E-state index in [4.69, 9.17) is 5.11 Å². The summed E-state index contributed by atoms with van der Waals surface area (Å²) in [6.07, 6.45) is 1.75. The molecule has 0 saturated heterocycles. The van der Waals surface area contributed by atoms with E-state index in [9.17, 15) is 4.79 Å². The molecule has 0 bridgehead atoms. The van der Waals surface area contributed by atoms with Gasteiger partial charge in [-0.1, -0.05) is 6.07 Å². The Kier molecular flexibility index (Phi) is 1.59. The number of carbonyl (C=O) groups is 1. The van der Waals surface area contributed by atoms with E-state index in [2.05, 4.69) is 4.98 Å². The molecule has 0 aliphatic carbocycles. The van der Waals surface area contributed by atoms with Crippen molar-refractivity contribution < 1.29 is 9.90 Å². The Morgan fingerprint density at radius 2 is 2.15 bits per heavy atom. The number of hydrogen-bond donors (Lipinski definition) is 2. The van der Waals surface area contributed by atoms with E-state index < -0.39 is 5.97 Å². The zero-order chi connectivity index (χ0) is 9.42. The summed E-state index contributed by atoms with van der Waals surface area (Å²) in [5.41, 5.74) is 2.11. The number of aryl methyl sites for hydroxylation is 1. The van der Waals surface area contributed by atoms with Crippen molar-refractivity contribution in [1.82, 2.24) is 4.98 Å². The molecule has 0 saturated carbocycles. The molecule has 0 aliphatic heterocycles. The van der Waals surface area contributed by atoms with Crippen LogP contribution in [0.4, 0.5) is 0 Å². The van der Waals surface area contributed by atoms with Crippen LogP contribution in [0.25, 0.3) is 10.9 Å². The molecule has 0 atom stereocenters. The highest BCUT2D eigenvalue weighted by Crippen LogP contribution is 2.20. The van der Waals surface area contributed by atoms with E-state index in [1.54, 1.807) is 12.3 Å². The zero-order valence-electron chi connectivity index (χ0n) is 7.16. The SMILES string of the molecule is Cc1ccc(C(=O)O)c2[nH]ccc12. The third-order valence-electron chi connectivity index (χ3n) is 2.17. The van der Waals surface area contributed by atoms with Crippen LogP contribution in [-0.2, 0) is 0 Å². The molecule has 2 rings (SSSR count). The van der Waals surface area contributed by atoms with Crippen molar-refractivity contribution in [1.29, 1.82) is 0 Å². The number of carboxylic acid groups (broad SMARTS) is 1. The van der Waals surface area contributed by atoms with Gasteiger partial charge in [0.2, 0.25) is 0 Å². The van der Waals surface area contributed by atoms with Crippen LogP contribution in [0.3, 0.4) is 0 Å². The summed E-state index contributed by atoms with van der Waals surface area (Å²) < 4.78 is 0. The third-order valence-corrected chi connectivity index (χ3v) is 2.17. The van der Waals surface area contributed by atoms with E-state index in [1.165, 1.54) is 0 Å². The average molecular weight is 175 g/mol. The fourth-order valence-electron chi connectivity index (χ4n) is 1.48. The second-order valence-electron chi connectivity index (χ2n) is 3.00. The van der Waals surface area contributed by atoms with Crippen molar-refractivity contribution in [2.45, 2.75) is 6.92 Å². The first-order valence-corrected chi connectivity index (χ1v) is 4.00. The van der Waals surface area contributed by atoms with E-state index >= 15 is 0 Å². The van der Waals surface area contributed by atoms with Gasteiger partial charge in [0.05, 0.1) is 11.1 Å². The maximum Gasteiger partial charge on any atom is 0.337 e. The molecule has 0 fully saturated rings. The minimum absolute atomic E-state index is 0.325. The second-order valence-corrected chi connectivity index (χ2v) is 3.00. The first-order valence-electron chi connectivity index (χ1n) is 4.00. The Morgan fingerprint density at radius 3 is 2.85 bits per heavy atom. The lowest BCUT2D eigenvalue weighted by Crippen LogP contribution is -1.97. The smallest absolute Gasteiger partial charge is 0.337 e. The van der Waals surface area contributed by atoms with Crippen LogP contribution < -0.4 is 0 Å². The lowest BCUT2D eigenvalue weighted by atomic mass is 10.1. The normalized spacial score (nSPS) is 10.5. The number of fused-ring (bicyclic) bond motifs is 1. The van der Waals surface area contributed by atoms with Gasteiger partial charge in [0, 0.05) is 11.6 Å². The molecule has 0 amide bonds. The monoisotopic (exact) mass is 175 g/mol. The first-order chi connectivity index (χ1) is 6.20. The van der Waals surface area contributed by atoms with Crippen LogP contribution in [-0.4, -0.2) is 16.1 Å². The molecule has 0 radical (unpaired) electrons. The number of aromatic carboxylic acids is 1. The lowest BCUT2D eigenvalue weighted by Gasteiger charge is -1.99. The molecule has 1 aromatic heterocycles. The van der Waals surface area contributed by atoms with Gasteiger partial charge in [-0.3, -0.25) is 0 Å². The molecule has 2 aromatic rings. The number of aromatic amines is 1. The summed E-state index contributed by atoms with van der Waals surface area (Å²) in [6, 6.07) is 5.33. The molecule has 3 nitrogen and oxygen atoms in total. The number of hydrogen-bond acceptors (Lipinski definition) is 1. The van der Waals surface area contributed by atoms with E-state index in [0.29, 0.717) is 11.1 Å². The van der Waals surface area contributed by atoms with Gasteiger partial charge < -0.3 is 10.1 Å². The van der Waals surface area contributed by atoms with Crippen molar-refractivity contribution in [3.63, 3.8) is 0 Å². The molecular formula is C10H9NO2. The Labute approximate surface area is 75.0 Å². The van der Waals surface area contributed by atoms with Crippen LogP contribution in [0.1, 0.15) is 15.9 Å².